The Hall–Kier alpha value is -2.83. The van der Waals surface area contributed by atoms with E-state index in [2.05, 4.69) is 22.8 Å². The third-order valence-corrected chi connectivity index (χ3v) is 6.49. The first-order valence-corrected chi connectivity index (χ1v) is 12.8. The molecule has 3 aromatic rings. The molecule has 1 aliphatic heterocycles. The summed E-state index contributed by atoms with van der Waals surface area (Å²) in [6, 6.07) is 23.5. The zero-order valence-electron chi connectivity index (χ0n) is 20.4. The molecule has 0 saturated carbocycles. The summed E-state index contributed by atoms with van der Waals surface area (Å²) in [7, 11) is 1.91. The lowest BCUT2D eigenvalue weighted by Crippen LogP contribution is -2.28. The summed E-state index contributed by atoms with van der Waals surface area (Å²) >= 11 is 11.9. The predicted octanol–water partition coefficient (Wildman–Crippen LogP) is 6.24. The second-order valence-electron chi connectivity index (χ2n) is 8.39. The lowest BCUT2D eigenvalue weighted by molar-refractivity contribution is -0.132. The molecule has 3 N–H and O–H groups in total. The number of ether oxygens (including phenoxy) is 1. The molecule has 0 aliphatic carbocycles. The molecule has 0 bridgehead atoms. The van der Waals surface area contributed by atoms with Gasteiger partial charge in [-0.1, -0.05) is 77.8 Å². The third kappa shape index (κ3) is 8.38. The van der Waals surface area contributed by atoms with Gasteiger partial charge in [0.2, 0.25) is 0 Å². The summed E-state index contributed by atoms with van der Waals surface area (Å²) in [5.41, 5.74) is 4.76. The molecule has 190 valence electrons. The highest BCUT2D eigenvalue weighted by atomic mass is 35.5. The number of carboxylic acid groups (broad SMARTS) is 1. The number of nitrogens with one attached hydrogen (secondary N) is 2. The molecule has 0 atom stereocenters. The number of hydrogen-bond acceptors (Lipinski definition) is 4. The Morgan fingerprint density at radius 3 is 2.36 bits per heavy atom. The van der Waals surface area contributed by atoms with E-state index in [4.69, 9.17) is 27.9 Å². The van der Waals surface area contributed by atoms with Crippen LogP contribution in [0.4, 0.5) is 0 Å². The summed E-state index contributed by atoms with van der Waals surface area (Å²) in [5.74, 6) is -0.128. The van der Waals surface area contributed by atoms with Crippen molar-refractivity contribution in [1.82, 2.24) is 10.6 Å². The Kier molecular flexibility index (Phi) is 11.3. The lowest BCUT2D eigenvalue weighted by Gasteiger charge is -2.19. The molecule has 0 unspecified atom stereocenters. The number of aryl methyl sites for hydroxylation is 1. The zero-order valence-corrected chi connectivity index (χ0v) is 21.9. The van der Waals surface area contributed by atoms with Crippen LogP contribution in [0.15, 0.2) is 78.4 Å². The molecule has 1 aliphatic rings. The lowest BCUT2D eigenvalue weighted by atomic mass is 9.93. The molecule has 0 radical (unpaired) electrons. The summed E-state index contributed by atoms with van der Waals surface area (Å²) in [5, 5.41) is 17.0. The van der Waals surface area contributed by atoms with Gasteiger partial charge in [0.1, 0.15) is 5.75 Å². The van der Waals surface area contributed by atoms with E-state index in [0.717, 1.165) is 54.1 Å². The number of aliphatic carboxylic acids is 1. The predicted molar refractivity (Wildman–Crippen MR) is 148 cm³/mol. The van der Waals surface area contributed by atoms with Gasteiger partial charge in [0, 0.05) is 18.1 Å². The molecular formula is C29H32Cl2N2O3. The van der Waals surface area contributed by atoms with Crippen molar-refractivity contribution in [3.63, 3.8) is 0 Å². The molecule has 0 amide bonds. The second-order valence-corrected chi connectivity index (χ2v) is 9.20. The van der Waals surface area contributed by atoms with E-state index in [1.54, 1.807) is 0 Å². The molecule has 0 spiro atoms. The molecule has 7 heteroatoms. The average molecular weight is 527 g/mol. The van der Waals surface area contributed by atoms with Gasteiger partial charge in [-0.3, -0.25) is 0 Å². The van der Waals surface area contributed by atoms with Crippen LogP contribution in [0.2, 0.25) is 10.0 Å². The number of rotatable bonds is 9. The fraction of sp³-hybridized carbons (Fsp3) is 0.276. The van der Waals surface area contributed by atoms with Crippen LogP contribution in [-0.2, 0) is 17.8 Å². The van der Waals surface area contributed by atoms with Crippen LogP contribution in [0, 0.1) is 0 Å². The fourth-order valence-corrected chi connectivity index (χ4v) is 4.33. The smallest absolute Gasteiger partial charge is 0.333 e. The number of hydrogen-bond donors (Lipinski definition) is 3. The molecule has 0 saturated heterocycles. The quantitative estimate of drug-likeness (QED) is 0.288. The average Bonchev–Trinajstić information content (AvgIpc) is 2.90. The molecule has 3 aromatic carbocycles. The maximum Gasteiger partial charge on any atom is 0.333 e. The van der Waals surface area contributed by atoms with E-state index in [1.165, 1.54) is 5.56 Å². The van der Waals surface area contributed by atoms with Crippen LogP contribution >= 0.6 is 23.2 Å². The van der Waals surface area contributed by atoms with Gasteiger partial charge in [-0.2, -0.15) is 0 Å². The number of halogens is 2. The zero-order chi connectivity index (χ0) is 25.8. The Balaban J connectivity index is 0.000000303. The Morgan fingerprint density at radius 1 is 1.00 bits per heavy atom. The summed E-state index contributed by atoms with van der Waals surface area (Å²) < 4.78 is 5.71. The Labute approximate surface area is 223 Å². The van der Waals surface area contributed by atoms with Crippen LogP contribution in [0.3, 0.4) is 0 Å². The number of carbonyl (C=O) groups is 1. The molecule has 0 aromatic heterocycles. The van der Waals surface area contributed by atoms with E-state index in [-0.39, 0.29) is 0 Å². The fourth-order valence-electron chi connectivity index (χ4n) is 3.93. The molecule has 1 heterocycles. The molecule has 4 rings (SSSR count). The third-order valence-electron chi connectivity index (χ3n) is 5.81. The van der Waals surface area contributed by atoms with Crippen molar-refractivity contribution >= 4 is 34.7 Å². The normalized spacial score (nSPS) is 13.1. The van der Waals surface area contributed by atoms with Crippen molar-refractivity contribution in [2.24, 2.45) is 0 Å². The van der Waals surface area contributed by atoms with E-state index in [1.807, 2.05) is 67.7 Å². The van der Waals surface area contributed by atoms with Crippen molar-refractivity contribution < 1.29 is 14.6 Å². The largest absolute Gasteiger partial charge is 0.492 e. The first kappa shape index (κ1) is 27.8. The van der Waals surface area contributed by atoms with Crippen LogP contribution in [0.25, 0.3) is 5.57 Å². The number of carboxylic acids is 1. The van der Waals surface area contributed by atoms with Crippen molar-refractivity contribution in [3.05, 3.63) is 105 Å². The molecule has 0 fully saturated rings. The minimum Gasteiger partial charge on any atom is -0.492 e. The van der Waals surface area contributed by atoms with Crippen LogP contribution in [0.1, 0.15) is 29.5 Å². The van der Waals surface area contributed by atoms with Gasteiger partial charge in [-0.25, -0.2) is 4.79 Å². The van der Waals surface area contributed by atoms with E-state index in [9.17, 15) is 9.90 Å². The summed E-state index contributed by atoms with van der Waals surface area (Å²) in [6.07, 6.45) is 2.53. The van der Waals surface area contributed by atoms with Gasteiger partial charge >= 0.3 is 5.97 Å². The molecule has 5 nitrogen and oxygen atoms in total. The maximum absolute atomic E-state index is 11.4. The van der Waals surface area contributed by atoms with Crippen molar-refractivity contribution in [3.8, 4) is 5.75 Å². The minimum atomic E-state index is -0.840. The van der Waals surface area contributed by atoms with Gasteiger partial charge in [0.25, 0.3) is 0 Å². The van der Waals surface area contributed by atoms with Crippen molar-refractivity contribution in [2.75, 3.05) is 26.7 Å². The van der Waals surface area contributed by atoms with Gasteiger partial charge in [0.05, 0.1) is 17.2 Å². The number of para-hydroxylation sites is 1. The van der Waals surface area contributed by atoms with Gasteiger partial charge in [0.15, 0.2) is 0 Å². The first-order valence-electron chi connectivity index (χ1n) is 12.0. The summed E-state index contributed by atoms with van der Waals surface area (Å²) in [4.78, 5) is 11.4. The highest BCUT2D eigenvalue weighted by Crippen LogP contribution is 2.26. The standard InChI is InChI=1S/C21H22ClNO3.C8H10ClN/c22-19-5-1-2-6-20(19)26-13-3-4-15-7-9-16(10-8-15)17-11-12-23-14-18(17)21(24)25;1-10-6-7-4-2-3-5-8(7)9/h1-2,5-10,23H,3-4,11-14H2,(H,24,25);2-5,10H,6H2,1H3. The molecular weight excluding hydrogens is 495 g/mol. The van der Waals surface area contributed by atoms with Crippen molar-refractivity contribution in [1.29, 1.82) is 0 Å². The minimum absolute atomic E-state index is 0.422. The second kappa shape index (κ2) is 14.7. The van der Waals surface area contributed by atoms with Gasteiger partial charge in [-0.05, 0) is 73.3 Å². The first-order chi connectivity index (χ1) is 17.5. The van der Waals surface area contributed by atoms with Gasteiger partial charge in [-0.15, -0.1) is 0 Å². The van der Waals surface area contributed by atoms with E-state index < -0.39 is 5.97 Å². The Morgan fingerprint density at radius 2 is 1.69 bits per heavy atom. The van der Waals surface area contributed by atoms with Crippen molar-refractivity contribution in [2.45, 2.75) is 25.8 Å². The monoisotopic (exact) mass is 526 g/mol. The van der Waals surface area contributed by atoms with Gasteiger partial charge < -0.3 is 20.5 Å². The highest BCUT2D eigenvalue weighted by Gasteiger charge is 2.19. The summed E-state index contributed by atoms with van der Waals surface area (Å²) in [6.45, 7) is 2.67. The Bertz CT molecular complexity index is 1160. The highest BCUT2D eigenvalue weighted by molar-refractivity contribution is 6.32. The van der Waals surface area contributed by atoms with E-state index >= 15 is 0 Å². The van der Waals surface area contributed by atoms with Crippen LogP contribution in [0.5, 0.6) is 5.75 Å². The topological polar surface area (TPSA) is 70.6 Å². The molecule has 36 heavy (non-hydrogen) atoms. The maximum atomic E-state index is 11.4. The van der Waals surface area contributed by atoms with E-state index in [0.29, 0.717) is 29.5 Å². The SMILES string of the molecule is CNCc1ccccc1Cl.O=C(O)C1=C(c2ccc(CCCOc3ccccc3Cl)cc2)CCNC1. The van der Waals surface area contributed by atoms with Crippen LogP contribution < -0.4 is 15.4 Å². The number of benzene rings is 3. The van der Waals surface area contributed by atoms with Crippen LogP contribution in [-0.4, -0.2) is 37.8 Å².